The SMILES string of the molecule is C.CC(C)(C)OC(=O)NCC1(F)CCCC1.COC(=O)c1cc(F)c(Br)c(C)c1NC1CC1.Cc1c(Br)c(F)cc(C=O)c1NC1CC1.Cc1c(Br)c(F)cc(CO)c1NC1CC1.Cc1c(Br)c(F)cc2c1C(C1CC1)C(=O)C(C#N)=C2.Cc1c2c(cc(F)c1N1CCC(F)(CNC(=O)OC(C)(C)C)C1)C=C(C#N)C(=O)C2C1CC1.Cc1c2c(cc(F)c1N1CCC(F)(CNC(=O)OC(C)(C)C)C1)C=C(C#N)C(=O)C2C1CC1. The van der Waals surface area contributed by atoms with Gasteiger partial charge in [-0.1, -0.05) is 20.3 Å². The van der Waals surface area contributed by atoms with Crippen molar-refractivity contribution in [2.75, 3.05) is 78.7 Å². The number of rotatable bonds is 20. The Hall–Kier alpha value is -10.8. The highest BCUT2D eigenvalue weighted by molar-refractivity contribution is 9.11. The molecule has 2 aliphatic heterocycles. The fraction of sp³-hybridized carbons (Fsp3) is 0.523. The van der Waals surface area contributed by atoms with E-state index in [1.807, 2.05) is 32.1 Å². The molecule has 24 nitrogen and oxygen atoms in total. The van der Waals surface area contributed by atoms with Crippen LogP contribution in [-0.2, 0) is 39.9 Å². The summed E-state index contributed by atoms with van der Waals surface area (Å²) in [6, 6.07) is 15.1. The molecule has 3 amide bonds. The number of hydrogen-bond acceptors (Lipinski definition) is 21. The number of nitriles is 3. The lowest BCUT2D eigenvalue weighted by Crippen LogP contribution is -2.43. The second-order valence-corrected chi connectivity index (χ2v) is 46.1. The number of allylic oxidation sites excluding steroid dienone is 3. The van der Waals surface area contributed by atoms with E-state index in [4.69, 9.17) is 24.6 Å². The zero-order valence-electron chi connectivity index (χ0n) is 85.4. The van der Waals surface area contributed by atoms with Crippen molar-refractivity contribution in [1.29, 1.82) is 15.8 Å². The number of amides is 3. The molecule has 0 bridgehead atoms. The zero-order chi connectivity index (χ0) is 108. The number of nitrogens with zero attached hydrogens (tertiary/aromatic N) is 5. The second kappa shape index (κ2) is 48.2. The summed E-state index contributed by atoms with van der Waals surface area (Å²) in [6.45, 7) is 26.3. The van der Waals surface area contributed by atoms with Crippen LogP contribution in [0.3, 0.4) is 0 Å². The molecule has 798 valence electrons. The van der Waals surface area contributed by atoms with Crippen molar-refractivity contribution in [3.63, 3.8) is 0 Å². The van der Waals surface area contributed by atoms with Gasteiger partial charge >= 0.3 is 24.2 Å². The van der Waals surface area contributed by atoms with Crippen molar-refractivity contribution >= 4 is 158 Å². The lowest BCUT2D eigenvalue weighted by Gasteiger charge is -2.30. The number of aldehydes is 1. The van der Waals surface area contributed by atoms with Crippen molar-refractivity contribution in [3.8, 4) is 18.2 Å². The number of alkyl halides is 3. The standard InChI is InChI=1S/2C25H29F2N3O3.C15H11BrFNO.C12H13BrFNO2.C11H13BrFNO.C11H11BrFNO.C11H20FNO2.CH4/c2*1-14-19-16(9-17(11-28)22(31)20(19)15-5-6-15)10-18(26)21(14)30-8-7-25(27,13-30)12-29-23(32)33-24(2,3)4;1-7-12-9(5-11(17)14(7)16)4-10(6-18)15(19)13(12)8-2-3-8;1-6-10(13)9(14)5-8(12(16)17-2)11(6)15-7-3-4-7;2*1-6-10(12)9(13)4-7(5-15)11(6)14-8-2-3-8;1-10(2,3)15-9(14)13-8-11(12)6-4-5-7-11;/h2*9-10,15,20H,5-8,12-13H2,1-4H3,(H,29,32);4-5,8,13H,2-3H2,1H3;5,7,15H,3-4H2,1-2H3;4,8,14-15H,2-3,5H2,1H3;4-5,8,14H,2-3H2,1H3;4-8H2,1-3H3,(H,13,14);1H4. The molecular weight excluding hydrogens is 2190 g/mol. The van der Waals surface area contributed by atoms with Gasteiger partial charge in [0, 0.05) is 66.6 Å². The maximum atomic E-state index is 15.5. The number of nitrogens with one attached hydrogen (secondary N) is 6. The number of hydrogen-bond donors (Lipinski definition) is 7. The molecule has 2 saturated heterocycles. The van der Waals surface area contributed by atoms with Gasteiger partial charge in [-0.2, -0.15) is 15.8 Å². The summed E-state index contributed by atoms with van der Waals surface area (Å²) in [5.74, 6) is -4.16. The number of ether oxygens (including phenoxy) is 4. The number of methoxy groups -OCH3 is 1. The van der Waals surface area contributed by atoms with E-state index in [0.29, 0.717) is 111 Å². The third-order valence-electron chi connectivity index (χ3n) is 27.4. The number of aliphatic hydroxyl groups excluding tert-OH is 1. The molecule has 37 heteroatoms. The van der Waals surface area contributed by atoms with Gasteiger partial charge in [-0.15, -0.1) is 0 Å². The number of alkyl carbamates (subject to hydrolysis) is 3. The Bertz CT molecular complexity index is 6200. The Morgan fingerprint density at radius 1 is 0.446 bits per heavy atom. The van der Waals surface area contributed by atoms with Crippen molar-refractivity contribution in [3.05, 3.63) is 189 Å². The first-order valence-electron chi connectivity index (χ1n) is 49.5. The highest BCUT2D eigenvalue weighted by Crippen LogP contribution is 2.55. The summed E-state index contributed by atoms with van der Waals surface area (Å²) in [6.07, 6.45) is 18.7. The third-order valence-corrected chi connectivity index (χ3v) is 31.2. The molecule has 0 spiro atoms. The molecule has 5 unspecified atom stereocenters. The number of halogens is 13. The number of Topliss-reactive ketones (excluding diaryl/α,β-unsaturated/α-hetero) is 3. The van der Waals surface area contributed by atoms with E-state index in [1.54, 1.807) is 99.8 Å². The predicted octanol–water partition coefficient (Wildman–Crippen LogP) is 25.9. The van der Waals surface area contributed by atoms with Crippen molar-refractivity contribution in [2.24, 2.45) is 17.8 Å². The molecule has 18 rings (SSSR count). The highest BCUT2D eigenvalue weighted by Gasteiger charge is 2.50. The molecule has 0 aromatic heterocycles. The monoisotopic (exact) mass is 2310 g/mol. The molecule has 7 saturated carbocycles. The number of benzene rings is 6. The Kier molecular flexibility index (Phi) is 38.3. The smallest absolute Gasteiger partial charge is 0.407 e. The molecule has 7 N–H and O–H groups in total. The van der Waals surface area contributed by atoms with Crippen LogP contribution >= 0.6 is 63.7 Å². The molecular formula is C111H130Br4F9N11O13. The largest absolute Gasteiger partial charge is 0.465 e. The number of carbonyl (C=O) groups excluding carboxylic acids is 8. The number of aliphatic hydroxyl groups is 1. The van der Waals surface area contributed by atoms with Crippen molar-refractivity contribution in [1.82, 2.24) is 16.0 Å². The van der Waals surface area contributed by atoms with Crippen molar-refractivity contribution in [2.45, 2.75) is 303 Å². The van der Waals surface area contributed by atoms with Crippen LogP contribution in [0.1, 0.15) is 296 Å². The molecule has 5 atom stereocenters. The maximum Gasteiger partial charge on any atom is 0.407 e. The Labute approximate surface area is 892 Å². The van der Waals surface area contributed by atoms with E-state index in [9.17, 15) is 70.8 Å². The highest BCUT2D eigenvalue weighted by atomic mass is 79.9. The normalized spacial score (nSPS) is 20.6. The minimum absolute atomic E-state index is 0. The van der Waals surface area contributed by atoms with Gasteiger partial charge in [0.25, 0.3) is 0 Å². The quantitative estimate of drug-likeness (QED) is 0.0162. The van der Waals surface area contributed by atoms with E-state index >= 15 is 17.6 Å². The summed E-state index contributed by atoms with van der Waals surface area (Å²) in [5.41, 5.74) is 6.26. The van der Waals surface area contributed by atoms with Gasteiger partial charge in [0.05, 0.1) is 121 Å². The zero-order valence-corrected chi connectivity index (χ0v) is 91.7. The minimum atomic E-state index is -1.73. The first-order valence-corrected chi connectivity index (χ1v) is 52.7. The van der Waals surface area contributed by atoms with Gasteiger partial charge in [-0.05, 0) is 397 Å². The Morgan fingerprint density at radius 2 is 0.757 bits per heavy atom. The minimum Gasteiger partial charge on any atom is -0.465 e. The van der Waals surface area contributed by atoms with E-state index in [0.717, 1.165) is 135 Å². The molecule has 0 radical (unpaired) electrons. The summed E-state index contributed by atoms with van der Waals surface area (Å²) in [4.78, 5) is 99.0. The van der Waals surface area contributed by atoms with Gasteiger partial charge in [0.2, 0.25) is 0 Å². The van der Waals surface area contributed by atoms with Crippen LogP contribution < -0.4 is 41.7 Å². The average molecular weight is 2320 g/mol. The van der Waals surface area contributed by atoms with E-state index < -0.39 is 93.2 Å². The molecule has 9 fully saturated rings. The topological polar surface area (TPSA) is 344 Å². The fourth-order valence-corrected chi connectivity index (χ4v) is 20.4. The van der Waals surface area contributed by atoms with Crippen molar-refractivity contribution < 1.29 is 102 Å². The van der Waals surface area contributed by atoms with Gasteiger partial charge in [-0.3, -0.25) is 19.2 Å². The summed E-state index contributed by atoms with van der Waals surface area (Å²) < 4.78 is 151. The average Bonchev–Trinajstić information content (AvgIpc) is 1.64. The maximum absolute atomic E-state index is 15.5. The van der Waals surface area contributed by atoms with E-state index in [-0.39, 0.29) is 153 Å². The summed E-state index contributed by atoms with van der Waals surface area (Å²) >= 11 is 12.8. The van der Waals surface area contributed by atoms with Gasteiger partial charge in [-0.25, -0.2) is 58.7 Å². The first kappa shape index (κ1) is 117. The second-order valence-electron chi connectivity index (χ2n) is 42.9. The van der Waals surface area contributed by atoms with Crippen LogP contribution in [0.15, 0.2) is 71.0 Å². The summed E-state index contributed by atoms with van der Waals surface area (Å²) in [5, 5.41) is 54.2. The molecule has 6 aromatic rings. The predicted molar refractivity (Wildman–Crippen MR) is 565 cm³/mol. The number of ketones is 3. The van der Waals surface area contributed by atoms with E-state index in [1.165, 1.54) is 61.7 Å². The fourth-order valence-electron chi connectivity index (χ4n) is 19.1. The van der Waals surface area contributed by atoms with Gasteiger partial charge < -0.3 is 65.8 Å². The number of anilines is 5. The number of carbonyl (C=O) groups is 8. The van der Waals surface area contributed by atoms with Crippen LogP contribution in [0.5, 0.6) is 0 Å². The van der Waals surface area contributed by atoms with Crippen LogP contribution in [0.2, 0.25) is 0 Å². The molecule has 10 aliphatic carbocycles. The summed E-state index contributed by atoms with van der Waals surface area (Å²) in [7, 11) is 1.29. The third kappa shape index (κ3) is 29.5. The first-order chi connectivity index (χ1) is 69.0. The van der Waals surface area contributed by atoms with Crippen LogP contribution in [-0.4, -0.2) is 158 Å². The van der Waals surface area contributed by atoms with E-state index in [2.05, 4.69) is 100 Å². The molecule has 148 heavy (non-hydrogen) atoms. The number of esters is 1. The molecule has 2 heterocycles. The van der Waals surface area contributed by atoms with Crippen LogP contribution in [0.25, 0.3) is 18.2 Å². The van der Waals surface area contributed by atoms with Gasteiger partial charge in [0.15, 0.2) is 23.6 Å². The molecule has 12 aliphatic rings. The number of fused-ring (bicyclic) bond motifs is 3. The molecule has 6 aromatic carbocycles. The lowest BCUT2D eigenvalue weighted by atomic mass is 9.77. The lowest BCUT2D eigenvalue weighted by molar-refractivity contribution is -0.117. The van der Waals surface area contributed by atoms with Crippen LogP contribution in [0, 0.1) is 128 Å². The van der Waals surface area contributed by atoms with Gasteiger partial charge in [0.1, 0.15) is 86.9 Å². The Morgan fingerprint density at radius 3 is 1.09 bits per heavy atom. The Balaban J connectivity index is 0.000000168. The van der Waals surface area contributed by atoms with Crippen LogP contribution in [0.4, 0.5) is 82.3 Å².